The minimum absolute atomic E-state index is 0.110. The fourth-order valence-corrected chi connectivity index (χ4v) is 3.10. The summed E-state index contributed by atoms with van der Waals surface area (Å²) in [5.41, 5.74) is 3.25. The maximum atomic E-state index is 12.6. The van der Waals surface area contributed by atoms with Gasteiger partial charge < -0.3 is 10.2 Å². The summed E-state index contributed by atoms with van der Waals surface area (Å²) < 4.78 is 0. The Balaban J connectivity index is 1.50. The summed E-state index contributed by atoms with van der Waals surface area (Å²) in [6.07, 6.45) is 2.71. The molecule has 0 unspecified atom stereocenters. The van der Waals surface area contributed by atoms with Gasteiger partial charge in [-0.1, -0.05) is 6.07 Å². The molecule has 3 N–H and O–H groups in total. The van der Waals surface area contributed by atoms with Gasteiger partial charge in [-0.25, -0.2) is 10.3 Å². The number of urea groups is 1. The van der Waals surface area contributed by atoms with Gasteiger partial charge in [0, 0.05) is 44.2 Å². The molecule has 1 fully saturated rings. The van der Waals surface area contributed by atoms with Gasteiger partial charge in [-0.15, -0.1) is 0 Å². The zero-order valence-corrected chi connectivity index (χ0v) is 14.5. The number of amides is 3. The van der Waals surface area contributed by atoms with Crippen LogP contribution in [0.25, 0.3) is 10.9 Å². The van der Waals surface area contributed by atoms with Crippen molar-refractivity contribution in [2.45, 2.75) is 12.8 Å². The molecule has 1 aromatic heterocycles. The number of anilines is 1. The van der Waals surface area contributed by atoms with Crippen molar-refractivity contribution < 1.29 is 14.8 Å². The van der Waals surface area contributed by atoms with Crippen molar-refractivity contribution in [3.63, 3.8) is 0 Å². The van der Waals surface area contributed by atoms with Gasteiger partial charge in [0.15, 0.2) is 0 Å². The second-order valence-electron chi connectivity index (χ2n) is 6.27. The molecule has 26 heavy (non-hydrogen) atoms. The van der Waals surface area contributed by atoms with Crippen molar-refractivity contribution in [2.24, 2.45) is 0 Å². The predicted molar refractivity (Wildman–Crippen MR) is 97.9 cm³/mol. The summed E-state index contributed by atoms with van der Waals surface area (Å²) in [6.45, 7) is 3.59. The Bertz CT molecular complexity index is 769. The van der Waals surface area contributed by atoms with E-state index in [4.69, 9.17) is 5.21 Å². The molecule has 1 aromatic carbocycles. The van der Waals surface area contributed by atoms with E-state index in [1.165, 1.54) is 0 Å². The number of carbonyl (C=O) groups excluding carboxylic acids is 2. The molecule has 0 atom stereocenters. The molecule has 2 heterocycles. The molecule has 0 radical (unpaired) electrons. The first-order valence-corrected chi connectivity index (χ1v) is 8.72. The number of carbonyl (C=O) groups is 2. The first-order chi connectivity index (χ1) is 12.7. The SMILES string of the molecule is O=C(CCCN1CCN(C(=O)Nc2cccc3ncccc23)CC1)NO. The Kier molecular flexibility index (Phi) is 5.98. The number of benzene rings is 1. The third-order valence-electron chi connectivity index (χ3n) is 4.55. The molecule has 138 valence electrons. The number of hydrogen-bond donors (Lipinski definition) is 3. The number of nitrogens with one attached hydrogen (secondary N) is 2. The van der Waals surface area contributed by atoms with Crippen molar-refractivity contribution in [3.8, 4) is 0 Å². The van der Waals surface area contributed by atoms with Crippen LogP contribution in [0.5, 0.6) is 0 Å². The summed E-state index contributed by atoms with van der Waals surface area (Å²) in [7, 11) is 0. The van der Waals surface area contributed by atoms with E-state index in [9.17, 15) is 9.59 Å². The van der Waals surface area contributed by atoms with Gasteiger partial charge >= 0.3 is 6.03 Å². The van der Waals surface area contributed by atoms with Crippen LogP contribution in [0.15, 0.2) is 36.5 Å². The molecular weight excluding hydrogens is 334 g/mol. The van der Waals surface area contributed by atoms with E-state index in [1.54, 1.807) is 16.6 Å². The number of hydrogen-bond acceptors (Lipinski definition) is 5. The molecule has 8 nitrogen and oxygen atoms in total. The average Bonchev–Trinajstić information content (AvgIpc) is 2.68. The van der Waals surface area contributed by atoms with E-state index in [0.717, 1.165) is 36.2 Å². The molecule has 3 amide bonds. The number of fused-ring (bicyclic) bond motifs is 1. The Labute approximate surface area is 151 Å². The number of piperazine rings is 1. The highest BCUT2D eigenvalue weighted by molar-refractivity contribution is 6.00. The topological polar surface area (TPSA) is 97.8 Å². The third-order valence-corrected chi connectivity index (χ3v) is 4.55. The Morgan fingerprint density at radius 1 is 1.12 bits per heavy atom. The summed E-state index contributed by atoms with van der Waals surface area (Å²) in [4.78, 5) is 31.9. The monoisotopic (exact) mass is 357 g/mol. The zero-order chi connectivity index (χ0) is 18.4. The van der Waals surface area contributed by atoms with E-state index in [0.29, 0.717) is 25.9 Å². The van der Waals surface area contributed by atoms with Crippen LogP contribution in [0.4, 0.5) is 10.5 Å². The van der Waals surface area contributed by atoms with Gasteiger partial charge in [0.05, 0.1) is 11.2 Å². The zero-order valence-electron chi connectivity index (χ0n) is 14.5. The maximum Gasteiger partial charge on any atom is 0.321 e. The van der Waals surface area contributed by atoms with Crippen LogP contribution in [-0.4, -0.2) is 64.7 Å². The van der Waals surface area contributed by atoms with E-state index >= 15 is 0 Å². The second-order valence-corrected chi connectivity index (χ2v) is 6.27. The van der Waals surface area contributed by atoms with Crippen LogP contribution in [0.3, 0.4) is 0 Å². The lowest BCUT2D eigenvalue weighted by molar-refractivity contribution is -0.129. The van der Waals surface area contributed by atoms with Gasteiger partial charge in [-0.3, -0.25) is 19.9 Å². The molecule has 0 saturated carbocycles. The second kappa shape index (κ2) is 8.59. The molecule has 1 aliphatic heterocycles. The van der Waals surface area contributed by atoms with Crippen LogP contribution in [0.1, 0.15) is 12.8 Å². The lowest BCUT2D eigenvalue weighted by Gasteiger charge is -2.34. The number of pyridine rings is 1. The van der Waals surface area contributed by atoms with Crippen molar-refractivity contribution in [3.05, 3.63) is 36.5 Å². The maximum absolute atomic E-state index is 12.6. The molecule has 0 spiro atoms. The molecule has 1 saturated heterocycles. The smallest absolute Gasteiger partial charge is 0.321 e. The molecule has 8 heteroatoms. The van der Waals surface area contributed by atoms with E-state index in [2.05, 4.69) is 15.2 Å². The fourth-order valence-electron chi connectivity index (χ4n) is 3.10. The number of aromatic nitrogens is 1. The molecule has 2 aromatic rings. The number of nitrogens with zero attached hydrogens (tertiary/aromatic N) is 3. The lowest BCUT2D eigenvalue weighted by atomic mass is 10.2. The quantitative estimate of drug-likeness (QED) is 0.559. The highest BCUT2D eigenvalue weighted by Gasteiger charge is 2.21. The summed E-state index contributed by atoms with van der Waals surface area (Å²) in [6, 6.07) is 9.36. The fraction of sp³-hybridized carbons (Fsp3) is 0.389. The molecular formula is C18H23N5O3. The van der Waals surface area contributed by atoms with Crippen molar-refractivity contribution >= 4 is 28.5 Å². The van der Waals surface area contributed by atoms with Crippen LogP contribution >= 0.6 is 0 Å². The van der Waals surface area contributed by atoms with Crippen molar-refractivity contribution in [2.75, 3.05) is 38.0 Å². The van der Waals surface area contributed by atoms with E-state index < -0.39 is 0 Å². The standard InChI is InChI=1S/C18H23N5O3/c24-17(21-26)7-3-9-22-10-12-23(13-11-22)18(25)20-16-6-1-5-15-14(16)4-2-8-19-15/h1-2,4-6,8,26H,3,7,9-13H2,(H,20,25)(H,21,24). The lowest BCUT2D eigenvalue weighted by Crippen LogP contribution is -2.50. The van der Waals surface area contributed by atoms with E-state index in [1.807, 2.05) is 30.3 Å². The van der Waals surface area contributed by atoms with Crippen LogP contribution in [-0.2, 0) is 4.79 Å². The normalized spacial score (nSPS) is 15.0. The van der Waals surface area contributed by atoms with Crippen LogP contribution < -0.4 is 10.8 Å². The largest absolute Gasteiger partial charge is 0.322 e. The minimum atomic E-state index is -0.368. The summed E-state index contributed by atoms with van der Waals surface area (Å²) >= 11 is 0. The van der Waals surface area contributed by atoms with Crippen molar-refractivity contribution in [1.29, 1.82) is 0 Å². The minimum Gasteiger partial charge on any atom is -0.322 e. The Hall–Kier alpha value is -2.71. The van der Waals surface area contributed by atoms with Crippen LogP contribution in [0.2, 0.25) is 0 Å². The molecule has 0 bridgehead atoms. The van der Waals surface area contributed by atoms with Crippen molar-refractivity contribution in [1.82, 2.24) is 20.3 Å². The number of rotatable bonds is 5. The molecule has 0 aliphatic carbocycles. The Morgan fingerprint density at radius 2 is 1.92 bits per heavy atom. The molecule has 3 rings (SSSR count). The highest BCUT2D eigenvalue weighted by atomic mass is 16.5. The first kappa shape index (κ1) is 18.1. The van der Waals surface area contributed by atoms with Gasteiger partial charge in [0.25, 0.3) is 0 Å². The first-order valence-electron chi connectivity index (χ1n) is 8.72. The number of hydroxylamine groups is 1. The van der Waals surface area contributed by atoms with Gasteiger partial charge in [0.2, 0.25) is 5.91 Å². The predicted octanol–water partition coefficient (Wildman–Crippen LogP) is 1.67. The average molecular weight is 357 g/mol. The summed E-state index contributed by atoms with van der Waals surface area (Å²) in [5.74, 6) is -0.368. The summed E-state index contributed by atoms with van der Waals surface area (Å²) in [5, 5.41) is 12.4. The van der Waals surface area contributed by atoms with Gasteiger partial charge in [-0.05, 0) is 37.2 Å². The third kappa shape index (κ3) is 4.47. The van der Waals surface area contributed by atoms with Gasteiger partial charge in [0.1, 0.15) is 0 Å². The highest BCUT2D eigenvalue weighted by Crippen LogP contribution is 2.21. The van der Waals surface area contributed by atoms with Gasteiger partial charge in [-0.2, -0.15) is 0 Å². The van der Waals surface area contributed by atoms with E-state index in [-0.39, 0.29) is 11.9 Å². The van der Waals surface area contributed by atoms with Crippen LogP contribution in [0, 0.1) is 0 Å². The Morgan fingerprint density at radius 3 is 2.69 bits per heavy atom. The molecule has 1 aliphatic rings.